The standard InChI is InChI=1S/C28H21Cl2N3O3/c1-3-7-19-12-18(13-22(16-32)28(34)33-24-11-6-10-23(29)26(24)30)14-25(35-2)27(19)36-17-21-9-5-4-8-20(21)15-31/h3-6,8-14H,1,7,17H2,2H3,(H,33,34)/b22-13-. The fourth-order valence-electron chi connectivity index (χ4n) is 3.40. The van der Waals surface area contributed by atoms with Crippen molar-refractivity contribution in [3.8, 4) is 23.6 Å². The summed E-state index contributed by atoms with van der Waals surface area (Å²) in [6, 6.07) is 19.5. The highest BCUT2D eigenvalue weighted by Gasteiger charge is 2.16. The minimum atomic E-state index is -0.639. The van der Waals surface area contributed by atoms with Gasteiger partial charge in [0.1, 0.15) is 18.2 Å². The molecule has 36 heavy (non-hydrogen) atoms. The largest absolute Gasteiger partial charge is 0.493 e. The smallest absolute Gasteiger partial charge is 0.266 e. The second-order valence-corrected chi connectivity index (χ2v) is 8.27. The summed E-state index contributed by atoms with van der Waals surface area (Å²) in [5.74, 6) is 0.251. The number of rotatable bonds is 9. The molecule has 1 N–H and O–H groups in total. The molecule has 0 atom stereocenters. The van der Waals surface area contributed by atoms with E-state index in [1.54, 1.807) is 48.5 Å². The minimum Gasteiger partial charge on any atom is -0.493 e. The second kappa shape index (κ2) is 12.5. The number of benzene rings is 3. The maximum absolute atomic E-state index is 12.8. The van der Waals surface area contributed by atoms with Crippen molar-refractivity contribution in [2.24, 2.45) is 0 Å². The Labute approximate surface area is 219 Å². The van der Waals surface area contributed by atoms with Crippen molar-refractivity contribution in [3.63, 3.8) is 0 Å². The number of anilines is 1. The third-order valence-corrected chi connectivity index (χ3v) is 5.94. The Morgan fingerprint density at radius 1 is 1.11 bits per heavy atom. The molecule has 0 saturated carbocycles. The summed E-state index contributed by atoms with van der Waals surface area (Å²) in [6.07, 6.45) is 3.59. The van der Waals surface area contributed by atoms with Crippen LogP contribution in [0, 0.1) is 22.7 Å². The van der Waals surface area contributed by atoms with Crippen molar-refractivity contribution >= 4 is 40.9 Å². The molecule has 0 saturated heterocycles. The van der Waals surface area contributed by atoms with Crippen molar-refractivity contribution in [2.45, 2.75) is 13.0 Å². The van der Waals surface area contributed by atoms with Crippen molar-refractivity contribution in [3.05, 3.63) is 105 Å². The lowest BCUT2D eigenvalue weighted by molar-refractivity contribution is -0.112. The molecule has 0 bridgehead atoms. The molecule has 6 nitrogen and oxygen atoms in total. The Morgan fingerprint density at radius 3 is 2.58 bits per heavy atom. The summed E-state index contributed by atoms with van der Waals surface area (Å²) in [6.45, 7) is 3.96. The zero-order valence-corrected chi connectivity index (χ0v) is 20.9. The van der Waals surface area contributed by atoms with Crippen LogP contribution in [0.25, 0.3) is 6.08 Å². The fraction of sp³-hybridized carbons (Fsp3) is 0.107. The lowest BCUT2D eigenvalue weighted by atomic mass is 10.0. The molecule has 0 aromatic heterocycles. The summed E-state index contributed by atoms with van der Waals surface area (Å²) in [7, 11) is 1.50. The lowest BCUT2D eigenvalue weighted by Crippen LogP contribution is -2.13. The van der Waals surface area contributed by atoms with Gasteiger partial charge in [0, 0.05) is 11.1 Å². The topological polar surface area (TPSA) is 95.1 Å². The third-order valence-electron chi connectivity index (χ3n) is 5.12. The van der Waals surface area contributed by atoms with Crippen LogP contribution in [-0.4, -0.2) is 13.0 Å². The number of hydrogen-bond acceptors (Lipinski definition) is 5. The molecule has 8 heteroatoms. The van der Waals surface area contributed by atoms with E-state index in [0.717, 1.165) is 11.1 Å². The maximum atomic E-state index is 12.8. The van der Waals surface area contributed by atoms with Crippen LogP contribution in [0.15, 0.2) is 72.8 Å². The molecule has 3 aromatic rings. The van der Waals surface area contributed by atoms with E-state index < -0.39 is 5.91 Å². The molecular weight excluding hydrogens is 497 g/mol. The van der Waals surface area contributed by atoms with Crippen LogP contribution in [0.4, 0.5) is 5.69 Å². The molecule has 0 aliphatic heterocycles. The number of methoxy groups -OCH3 is 1. The summed E-state index contributed by atoms with van der Waals surface area (Å²) in [5.41, 5.74) is 2.69. The van der Waals surface area contributed by atoms with Gasteiger partial charge in [0.25, 0.3) is 5.91 Å². The first-order valence-electron chi connectivity index (χ1n) is 10.7. The fourth-order valence-corrected chi connectivity index (χ4v) is 3.75. The highest BCUT2D eigenvalue weighted by atomic mass is 35.5. The molecule has 3 aromatic carbocycles. The van der Waals surface area contributed by atoms with E-state index >= 15 is 0 Å². The minimum absolute atomic E-state index is 0.144. The van der Waals surface area contributed by atoms with Crippen LogP contribution < -0.4 is 14.8 Å². The average molecular weight is 518 g/mol. The van der Waals surface area contributed by atoms with E-state index in [4.69, 9.17) is 32.7 Å². The van der Waals surface area contributed by atoms with Crippen LogP contribution in [0.1, 0.15) is 22.3 Å². The summed E-state index contributed by atoms with van der Waals surface area (Å²) < 4.78 is 11.6. The van der Waals surface area contributed by atoms with Crippen LogP contribution in [0.3, 0.4) is 0 Å². The molecule has 0 aliphatic rings. The number of nitrogens with zero attached hydrogens (tertiary/aromatic N) is 2. The molecule has 1 amide bonds. The van der Waals surface area contributed by atoms with E-state index in [0.29, 0.717) is 34.7 Å². The summed E-state index contributed by atoms with van der Waals surface area (Å²) in [4.78, 5) is 12.8. The molecule has 0 spiro atoms. The number of ether oxygens (including phenoxy) is 2. The molecule has 0 unspecified atom stereocenters. The van der Waals surface area contributed by atoms with Crippen LogP contribution in [-0.2, 0) is 17.8 Å². The number of nitriles is 2. The van der Waals surface area contributed by atoms with Gasteiger partial charge in [-0.1, -0.05) is 53.5 Å². The van der Waals surface area contributed by atoms with Gasteiger partial charge in [0.2, 0.25) is 0 Å². The van der Waals surface area contributed by atoms with Gasteiger partial charge >= 0.3 is 0 Å². The molecule has 0 fully saturated rings. The van der Waals surface area contributed by atoms with Gasteiger partial charge in [0.15, 0.2) is 11.5 Å². The van der Waals surface area contributed by atoms with Crippen LogP contribution >= 0.6 is 23.2 Å². The Morgan fingerprint density at radius 2 is 1.89 bits per heavy atom. The highest BCUT2D eigenvalue weighted by molar-refractivity contribution is 6.44. The predicted molar refractivity (Wildman–Crippen MR) is 141 cm³/mol. The Bertz CT molecular complexity index is 1420. The molecular formula is C28H21Cl2N3O3. The van der Waals surface area contributed by atoms with Gasteiger partial charge in [-0.2, -0.15) is 10.5 Å². The van der Waals surface area contributed by atoms with Gasteiger partial charge in [-0.05, 0) is 48.4 Å². The normalized spacial score (nSPS) is 10.6. The lowest BCUT2D eigenvalue weighted by Gasteiger charge is -2.16. The second-order valence-electron chi connectivity index (χ2n) is 7.49. The number of carbonyl (C=O) groups is 1. The van der Waals surface area contributed by atoms with Crippen molar-refractivity contribution in [1.29, 1.82) is 10.5 Å². The van der Waals surface area contributed by atoms with Gasteiger partial charge < -0.3 is 14.8 Å². The number of carbonyl (C=O) groups excluding carboxylic acids is 1. The van der Waals surface area contributed by atoms with E-state index in [-0.39, 0.29) is 22.2 Å². The van der Waals surface area contributed by atoms with E-state index in [1.807, 2.05) is 18.2 Å². The van der Waals surface area contributed by atoms with Crippen molar-refractivity contribution in [2.75, 3.05) is 12.4 Å². The number of nitrogens with one attached hydrogen (secondary N) is 1. The van der Waals surface area contributed by atoms with Gasteiger partial charge in [-0.15, -0.1) is 6.58 Å². The quantitative estimate of drug-likeness (QED) is 0.193. The molecule has 180 valence electrons. The van der Waals surface area contributed by atoms with Gasteiger partial charge in [-0.3, -0.25) is 4.79 Å². The maximum Gasteiger partial charge on any atom is 0.266 e. The first-order valence-corrected chi connectivity index (χ1v) is 11.5. The zero-order valence-electron chi connectivity index (χ0n) is 19.3. The van der Waals surface area contributed by atoms with Crippen molar-refractivity contribution in [1.82, 2.24) is 0 Å². The number of halogens is 2. The SMILES string of the molecule is C=CCc1cc(/C=C(/C#N)C(=O)Nc2cccc(Cl)c2Cl)cc(OC)c1OCc1ccccc1C#N. The Hall–Kier alpha value is -4.23. The zero-order chi connectivity index (χ0) is 26.1. The monoisotopic (exact) mass is 517 g/mol. The third kappa shape index (κ3) is 6.25. The molecule has 0 radical (unpaired) electrons. The van der Waals surface area contributed by atoms with Crippen LogP contribution in [0.2, 0.25) is 10.0 Å². The molecule has 0 heterocycles. The first-order chi connectivity index (χ1) is 17.4. The molecule has 3 rings (SSSR count). The average Bonchev–Trinajstić information content (AvgIpc) is 2.89. The number of hydrogen-bond donors (Lipinski definition) is 1. The van der Waals surface area contributed by atoms with E-state index in [9.17, 15) is 15.3 Å². The van der Waals surface area contributed by atoms with E-state index in [1.165, 1.54) is 13.2 Å². The first kappa shape index (κ1) is 26.4. The van der Waals surface area contributed by atoms with Gasteiger partial charge in [0.05, 0.1) is 34.5 Å². The summed E-state index contributed by atoms with van der Waals surface area (Å²) >= 11 is 12.1. The number of amides is 1. The molecule has 0 aliphatic carbocycles. The predicted octanol–water partition coefficient (Wildman–Crippen LogP) is 6.73. The Balaban J connectivity index is 1.94. The van der Waals surface area contributed by atoms with Crippen molar-refractivity contribution < 1.29 is 14.3 Å². The van der Waals surface area contributed by atoms with E-state index in [2.05, 4.69) is 18.0 Å². The summed E-state index contributed by atoms with van der Waals surface area (Å²) in [5, 5.41) is 22.0. The number of allylic oxidation sites excluding steroid dienone is 1. The highest BCUT2D eigenvalue weighted by Crippen LogP contribution is 2.35. The Kier molecular flexibility index (Phi) is 9.13. The van der Waals surface area contributed by atoms with Crippen LogP contribution in [0.5, 0.6) is 11.5 Å². The van der Waals surface area contributed by atoms with Gasteiger partial charge in [-0.25, -0.2) is 0 Å².